The number of carbonyl (C=O) groups is 2. The molecule has 6 nitrogen and oxygen atoms in total. The van der Waals surface area contributed by atoms with Crippen LogP contribution in [-0.2, 0) is 19.1 Å². The first-order chi connectivity index (χ1) is 11.0. The zero-order chi connectivity index (χ0) is 17.2. The molecular formula is C17H25NO5. The van der Waals surface area contributed by atoms with Gasteiger partial charge in [-0.1, -0.05) is 31.9 Å². The van der Waals surface area contributed by atoms with Crippen LogP contribution in [0.15, 0.2) is 24.3 Å². The third-order valence-corrected chi connectivity index (χ3v) is 3.51. The second-order valence-electron chi connectivity index (χ2n) is 5.29. The van der Waals surface area contributed by atoms with Gasteiger partial charge in [-0.05, 0) is 24.1 Å². The minimum Gasteiger partial charge on any atom is -0.508 e. The van der Waals surface area contributed by atoms with E-state index in [4.69, 9.17) is 9.47 Å². The molecule has 1 aromatic rings. The Morgan fingerprint density at radius 1 is 1.30 bits per heavy atom. The lowest BCUT2D eigenvalue weighted by molar-refractivity contribution is -0.153. The lowest BCUT2D eigenvalue weighted by Gasteiger charge is -2.26. The molecule has 1 rings (SSSR count). The summed E-state index contributed by atoms with van der Waals surface area (Å²) in [5, 5.41) is 9.58. The summed E-state index contributed by atoms with van der Waals surface area (Å²) in [5.41, 5.74) is 0.485. The maximum Gasteiger partial charge on any atom is 0.333 e. The summed E-state index contributed by atoms with van der Waals surface area (Å²) in [6.07, 6.45) is 3.04. The summed E-state index contributed by atoms with van der Waals surface area (Å²) in [5.74, 6) is -0.870. The number of hydrogen-bond donors (Lipinski definition) is 1. The van der Waals surface area contributed by atoms with Gasteiger partial charge < -0.3 is 19.5 Å². The molecule has 1 N–H and O–H groups in total. The largest absolute Gasteiger partial charge is 0.508 e. The number of carbonyl (C=O) groups excluding carboxylic acids is 2. The number of aromatic hydroxyl groups is 1. The van der Waals surface area contributed by atoms with Gasteiger partial charge in [0.25, 0.3) is 0 Å². The van der Waals surface area contributed by atoms with E-state index in [1.165, 1.54) is 31.2 Å². The number of amides is 1. The molecule has 0 aliphatic heterocycles. The Morgan fingerprint density at radius 2 is 2.04 bits per heavy atom. The Hall–Kier alpha value is -2.08. The number of ether oxygens (including phenoxy) is 2. The minimum atomic E-state index is -0.918. The normalized spacial score (nSPS) is 11.8. The van der Waals surface area contributed by atoms with Crippen molar-refractivity contribution in [3.63, 3.8) is 0 Å². The summed E-state index contributed by atoms with van der Waals surface area (Å²) in [4.78, 5) is 25.6. The van der Waals surface area contributed by atoms with Gasteiger partial charge in [-0.15, -0.1) is 0 Å². The molecule has 0 spiro atoms. The van der Waals surface area contributed by atoms with Crippen LogP contribution in [0.2, 0.25) is 0 Å². The number of nitrogens with zero attached hydrogens (tertiary/aromatic N) is 1. The van der Waals surface area contributed by atoms with Crippen molar-refractivity contribution in [2.75, 3.05) is 27.4 Å². The second-order valence-corrected chi connectivity index (χ2v) is 5.29. The van der Waals surface area contributed by atoms with Gasteiger partial charge in [-0.25, -0.2) is 4.79 Å². The predicted octanol–water partition coefficient (Wildman–Crippen LogP) is 2.27. The third kappa shape index (κ3) is 5.90. The molecule has 1 unspecified atom stereocenters. The highest BCUT2D eigenvalue weighted by molar-refractivity contribution is 5.86. The van der Waals surface area contributed by atoms with Crippen molar-refractivity contribution in [1.29, 1.82) is 0 Å². The molecule has 1 amide bonds. The number of rotatable bonds is 9. The van der Waals surface area contributed by atoms with Crippen molar-refractivity contribution >= 4 is 11.9 Å². The van der Waals surface area contributed by atoms with E-state index in [9.17, 15) is 14.7 Å². The Labute approximate surface area is 137 Å². The molecule has 0 heterocycles. The lowest BCUT2D eigenvalue weighted by atomic mass is 10.1. The number of likely N-dealkylation sites (N-methyl/N-ethyl adjacent to an activating group) is 1. The monoisotopic (exact) mass is 323 g/mol. The van der Waals surface area contributed by atoms with E-state index in [0.717, 1.165) is 19.3 Å². The van der Waals surface area contributed by atoms with Crippen LogP contribution in [0.4, 0.5) is 0 Å². The number of benzene rings is 1. The van der Waals surface area contributed by atoms with Gasteiger partial charge >= 0.3 is 5.97 Å². The van der Waals surface area contributed by atoms with E-state index in [1.807, 2.05) is 0 Å². The standard InChI is InChI=1S/C17H25NO5/c1-4-5-6-10-23-12-15(20)18(2)16(17(21)22-3)13-8-7-9-14(19)11-13/h7-9,11,16,19H,4-6,10,12H2,1-3H3. The Kier molecular flexibility index (Phi) is 8.11. The van der Waals surface area contributed by atoms with Crippen molar-refractivity contribution in [2.24, 2.45) is 0 Å². The molecule has 128 valence electrons. The van der Waals surface area contributed by atoms with Gasteiger partial charge in [0.2, 0.25) is 5.91 Å². The quantitative estimate of drug-likeness (QED) is 0.557. The van der Waals surface area contributed by atoms with Crippen LogP contribution in [-0.4, -0.2) is 49.3 Å². The van der Waals surface area contributed by atoms with Crippen molar-refractivity contribution < 1.29 is 24.2 Å². The fourth-order valence-electron chi connectivity index (χ4n) is 2.18. The summed E-state index contributed by atoms with van der Waals surface area (Å²) in [6, 6.07) is 5.29. The molecule has 0 aliphatic rings. The molecule has 0 saturated carbocycles. The highest BCUT2D eigenvalue weighted by Gasteiger charge is 2.29. The van der Waals surface area contributed by atoms with Crippen LogP contribution in [0.25, 0.3) is 0 Å². The zero-order valence-electron chi connectivity index (χ0n) is 13.9. The van der Waals surface area contributed by atoms with Crippen molar-refractivity contribution in [2.45, 2.75) is 32.2 Å². The van der Waals surface area contributed by atoms with E-state index < -0.39 is 12.0 Å². The molecule has 0 saturated heterocycles. The SMILES string of the molecule is CCCCCOCC(=O)N(C)C(C(=O)OC)c1cccc(O)c1. The first-order valence-electron chi connectivity index (χ1n) is 7.71. The first kappa shape index (κ1) is 19.0. The number of hydrogen-bond acceptors (Lipinski definition) is 5. The minimum absolute atomic E-state index is 0.0214. The molecule has 6 heteroatoms. The molecule has 0 aromatic heterocycles. The Balaban J connectivity index is 2.74. The van der Waals surface area contributed by atoms with Gasteiger partial charge in [-0.2, -0.15) is 0 Å². The molecule has 1 atom stereocenters. The van der Waals surface area contributed by atoms with E-state index >= 15 is 0 Å². The van der Waals surface area contributed by atoms with Crippen molar-refractivity contribution in [1.82, 2.24) is 4.90 Å². The van der Waals surface area contributed by atoms with Gasteiger partial charge in [0.05, 0.1) is 7.11 Å². The molecule has 0 bridgehead atoms. The molecule has 23 heavy (non-hydrogen) atoms. The molecule has 0 radical (unpaired) electrons. The maximum atomic E-state index is 12.2. The highest BCUT2D eigenvalue weighted by atomic mass is 16.5. The molecule has 1 aromatic carbocycles. The Morgan fingerprint density at radius 3 is 2.65 bits per heavy atom. The average molecular weight is 323 g/mol. The van der Waals surface area contributed by atoms with Crippen molar-refractivity contribution in [3.8, 4) is 5.75 Å². The van der Waals surface area contributed by atoms with Crippen molar-refractivity contribution in [3.05, 3.63) is 29.8 Å². The number of phenols is 1. The summed E-state index contributed by atoms with van der Waals surface area (Å²) < 4.78 is 10.1. The van der Waals surface area contributed by atoms with Gasteiger partial charge in [-0.3, -0.25) is 4.79 Å². The van der Waals surface area contributed by atoms with Crippen LogP contribution >= 0.6 is 0 Å². The summed E-state index contributed by atoms with van der Waals surface area (Å²) >= 11 is 0. The molecule has 0 aliphatic carbocycles. The van der Waals surface area contributed by atoms with Crippen LogP contribution < -0.4 is 0 Å². The molecular weight excluding hydrogens is 298 g/mol. The van der Waals surface area contributed by atoms with E-state index in [0.29, 0.717) is 12.2 Å². The predicted molar refractivity (Wildman–Crippen MR) is 86.0 cm³/mol. The van der Waals surface area contributed by atoms with Crippen LogP contribution in [0.1, 0.15) is 37.8 Å². The second kappa shape index (κ2) is 9.84. The van der Waals surface area contributed by atoms with E-state index in [1.54, 1.807) is 12.1 Å². The fraction of sp³-hybridized carbons (Fsp3) is 0.529. The topological polar surface area (TPSA) is 76.1 Å². The smallest absolute Gasteiger partial charge is 0.333 e. The first-order valence-corrected chi connectivity index (χ1v) is 7.71. The number of unbranched alkanes of at least 4 members (excludes halogenated alkanes) is 2. The van der Waals surface area contributed by atoms with Crippen LogP contribution in [0.3, 0.4) is 0 Å². The van der Waals surface area contributed by atoms with E-state index in [-0.39, 0.29) is 18.3 Å². The summed E-state index contributed by atoms with van der Waals surface area (Å²) in [7, 11) is 2.78. The average Bonchev–Trinajstić information content (AvgIpc) is 2.54. The van der Waals surface area contributed by atoms with E-state index in [2.05, 4.69) is 6.92 Å². The highest BCUT2D eigenvalue weighted by Crippen LogP contribution is 2.24. The third-order valence-electron chi connectivity index (χ3n) is 3.51. The Bertz CT molecular complexity index is 517. The molecule has 0 fully saturated rings. The van der Waals surface area contributed by atoms with Crippen LogP contribution in [0, 0.1) is 0 Å². The summed E-state index contributed by atoms with van der Waals surface area (Å²) in [6.45, 7) is 2.52. The van der Waals surface area contributed by atoms with Crippen LogP contribution in [0.5, 0.6) is 5.75 Å². The van der Waals surface area contributed by atoms with Gasteiger partial charge in [0.1, 0.15) is 12.4 Å². The number of esters is 1. The lowest BCUT2D eigenvalue weighted by Crippen LogP contribution is -2.38. The van der Waals surface area contributed by atoms with Gasteiger partial charge in [0.15, 0.2) is 6.04 Å². The zero-order valence-corrected chi connectivity index (χ0v) is 13.9. The fourth-order valence-corrected chi connectivity index (χ4v) is 2.18. The van der Waals surface area contributed by atoms with Gasteiger partial charge in [0, 0.05) is 13.7 Å². The number of methoxy groups -OCH3 is 1. The maximum absolute atomic E-state index is 12.2. The number of phenolic OH excluding ortho intramolecular Hbond substituents is 1.